The highest BCUT2D eigenvalue weighted by atomic mass is 32.2. The van der Waals surface area contributed by atoms with E-state index in [0.717, 1.165) is 22.6 Å². The van der Waals surface area contributed by atoms with Crippen LogP contribution >= 0.6 is 11.8 Å². The van der Waals surface area contributed by atoms with Crippen LogP contribution in [0.25, 0.3) is 0 Å². The van der Waals surface area contributed by atoms with E-state index < -0.39 is 0 Å². The van der Waals surface area contributed by atoms with Gasteiger partial charge in [0.15, 0.2) is 0 Å². The Morgan fingerprint density at radius 1 is 1.53 bits per heavy atom. The van der Waals surface area contributed by atoms with Crippen molar-refractivity contribution < 1.29 is 4.79 Å². The molecule has 1 atom stereocenters. The molecule has 0 saturated carbocycles. The molecule has 0 spiro atoms. The minimum atomic E-state index is 0.0839. The number of thioether (sulfide) groups is 1. The smallest absolute Gasteiger partial charge is 0.230 e. The molecule has 17 heavy (non-hydrogen) atoms. The molecular weight excluding hydrogens is 232 g/mol. The number of anilines is 1. The summed E-state index contributed by atoms with van der Waals surface area (Å²) >= 11 is 1.55. The summed E-state index contributed by atoms with van der Waals surface area (Å²) in [4.78, 5) is 12.7. The maximum absolute atomic E-state index is 11.6. The van der Waals surface area contributed by atoms with E-state index >= 15 is 0 Å². The van der Waals surface area contributed by atoms with Crippen molar-refractivity contribution in [1.29, 1.82) is 0 Å². The number of hydrogen-bond donors (Lipinski definition) is 2. The predicted octanol–water partition coefficient (Wildman–Crippen LogP) is 2.58. The second-order valence-electron chi connectivity index (χ2n) is 4.19. The summed E-state index contributed by atoms with van der Waals surface area (Å²) in [6.45, 7) is 6.07. The van der Waals surface area contributed by atoms with Gasteiger partial charge >= 0.3 is 0 Å². The lowest BCUT2D eigenvalue weighted by atomic mass is 10.2. The Morgan fingerprint density at radius 3 is 2.82 bits per heavy atom. The third-order valence-corrected chi connectivity index (χ3v) is 3.75. The van der Waals surface area contributed by atoms with Gasteiger partial charge in [0.1, 0.15) is 0 Å². The molecule has 0 radical (unpaired) electrons. The standard InChI is InChI=1S/C13H20N2OS/c1-4-10(3)15-13(16)8-17-12-6-5-11(14)7-9(12)2/h5-7,10H,4,8,14H2,1-3H3,(H,15,16). The lowest BCUT2D eigenvalue weighted by Gasteiger charge is -2.11. The highest BCUT2D eigenvalue weighted by Crippen LogP contribution is 2.23. The Bertz CT molecular complexity index is 393. The van der Waals surface area contributed by atoms with Crippen LogP contribution in [0.15, 0.2) is 23.1 Å². The first kappa shape index (κ1) is 13.9. The van der Waals surface area contributed by atoms with Gasteiger partial charge in [0.2, 0.25) is 5.91 Å². The zero-order valence-electron chi connectivity index (χ0n) is 10.6. The summed E-state index contributed by atoms with van der Waals surface area (Å²) in [6, 6.07) is 6.00. The van der Waals surface area contributed by atoms with E-state index in [0.29, 0.717) is 5.75 Å². The van der Waals surface area contributed by atoms with Gasteiger partial charge in [-0.15, -0.1) is 11.8 Å². The highest BCUT2D eigenvalue weighted by Gasteiger charge is 2.07. The number of rotatable bonds is 5. The summed E-state index contributed by atoms with van der Waals surface area (Å²) in [5.74, 6) is 0.537. The molecule has 1 unspecified atom stereocenters. The van der Waals surface area contributed by atoms with Gasteiger partial charge in [-0.2, -0.15) is 0 Å². The van der Waals surface area contributed by atoms with Crippen LogP contribution in [0.3, 0.4) is 0 Å². The molecule has 1 aromatic carbocycles. The molecule has 0 aromatic heterocycles. The van der Waals surface area contributed by atoms with Crippen LogP contribution in [-0.2, 0) is 4.79 Å². The zero-order valence-corrected chi connectivity index (χ0v) is 11.4. The molecule has 0 bridgehead atoms. The topological polar surface area (TPSA) is 55.1 Å². The monoisotopic (exact) mass is 252 g/mol. The van der Waals surface area contributed by atoms with Gasteiger partial charge in [0, 0.05) is 16.6 Å². The van der Waals surface area contributed by atoms with Crippen LogP contribution in [0.2, 0.25) is 0 Å². The number of carbonyl (C=O) groups is 1. The van der Waals surface area contributed by atoms with Gasteiger partial charge in [-0.3, -0.25) is 4.79 Å². The number of carbonyl (C=O) groups excluding carboxylic acids is 1. The van der Waals surface area contributed by atoms with Crippen LogP contribution in [0.4, 0.5) is 5.69 Å². The molecule has 1 aromatic rings. The van der Waals surface area contributed by atoms with Gasteiger partial charge in [0.25, 0.3) is 0 Å². The maximum Gasteiger partial charge on any atom is 0.230 e. The fourth-order valence-electron chi connectivity index (χ4n) is 1.40. The molecule has 0 saturated heterocycles. The number of hydrogen-bond acceptors (Lipinski definition) is 3. The van der Waals surface area contributed by atoms with E-state index in [1.165, 1.54) is 0 Å². The van der Waals surface area contributed by atoms with Crippen molar-refractivity contribution >= 4 is 23.4 Å². The van der Waals surface area contributed by atoms with E-state index in [-0.39, 0.29) is 11.9 Å². The van der Waals surface area contributed by atoms with Crippen molar-refractivity contribution in [3.8, 4) is 0 Å². The Hall–Kier alpha value is -1.16. The van der Waals surface area contributed by atoms with Gasteiger partial charge in [-0.1, -0.05) is 6.92 Å². The predicted molar refractivity (Wildman–Crippen MR) is 74.2 cm³/mol. The minimum Gasteiger partial charge on any atom is -0.399 e. The van der Waals surface area contributed by atoms with Crippen LogP contribution < -0.4 is 11.1 Å². The average molecular weight is 252 g/mol. The van der Waals surface area contributed by atoms with E-state index in [1.54, 1.807) is 11.8 Å². The number of nitrogens with two attached hydrogens (primary N) is 1. The molecule has 0 aliphatic heterocycles. The van der Waals surface area contributed by atoms with Crippen LogP contribution in [-0.4, -0.2) is 17.7 Å². The lowest BCUT2D eigenvalue weighted by molar-refractivity contribution is -0.119. The third kappa shape index (κ3) is 4.69. The van der Waals surface area contributed by atoms with Crippen molar-refractivity contribution in [2.45, 2.75) is 38.1 Å². The Balaban J connectivity index is 2.47. The fourth-order valence-corrected chi connectivity index (χ4v) is 2.22. The Kier molecular flexibility index (Phi) is 5.35. The van der Waals surface area contributed by atoms with Crippen molar-refractivity contribution in [2.24, 2.45) is 0 Å². The molecule has 0 aliphatic rings. The molecule has 1 amide bonds. The molecule has 3 nitrogen and oxygen atoms in total. The highest BCUT2D eigenvalue weighted by molar-refractivity contribution is 8.00. The van der Waals surface area contributed by atoms with Crippen molar-refractivity contribution in [3.63, 3.8) is 0 Å². The minimum absolute atomic E-state index is 0.0839. The van der Waals surface area contributed by atoms with E-state index in [1.807, 2.05) is 32.0 Å². The average Bonchev–Trinajstić information content (AvgIpc) is 2.27. The van der Waals surface area contributed by atoms with Crippen LogP contribution in [0, 0.1) is 6.92 Å². The normalized spacial score (nSPS) is 12.2. The second kappa shape index (κ2) is 6.55. The molecule has 94 valence electrons. The molecule has 3 N–H and O–H groups in total. The number of nitrogen functional groups attached to an aromatic ring is 1. The molecule has 1 rings (SSSR count). The van der Waals surface area contributed by atoms with Crippen molar-refractivity contribution in [3.05, 3.63) is 23.8 Å². The first-order valence-corrected chi connectivity index (χ1v) is 6.79. The molecule has 4 heteroatoms. The second-order valence-corrected chi connectivity index (χ2v) is 5.21. The van der Waals surface area contributed by atoms with E-state index in [4.69, 9.17) is 5.73 Å². The zero-order chi connectivity index (χ0) is 12.8. The van der Waals surface area contributed by atoms with Gasteiger partial charge in [-0.05, 0) is 44.0 Å². The summed E-state index contributed by atoms with van der Waals surface area (Å²) in [5.41, 5.74) is 7.56. The molecule has 0 heterocycles. The Labute approximate surface area is 107 Å². The van der Waals surface area contributed by atoms with Gasteiger partial charge < -0.3 is 11.1 Å². The molecule has 0 aliphatic carbocycles. The van der Waals surface area contributed by atoms with Crippen molar-refractivity contribution in [2.75, 3.05) is 11.5 Å². The van der Waals surface area contributed by atoms with Crippen LogP contribution in [0.1, 0.15) is 25.8 Å². The Morgan fingerprint density at radius 2 is 2.24 bits per heavy atom. The lowest BCUT2D eigenvalue weighted by Crippen LogP contribution is -2.33. The fraction of sp³-hybridized carbons (Fsp3) is 0.462. The summed E-state index contributed by atoms with van der Waals surface area (Å²) in [5, 5.41) is 2.95. The largest absolute Gasteiger partial charge is 0.399 e. The quantitative estimate of drug-likeness (QED) is 0.625. The number of benzene rings is 1. The molecular formula is C13H20N2OS. The molecule has 0 fully saturated rings. The first-order valence-electron chi connectivity index (χ1n) is 5.81. The summed E-state index contributed by atoms with van der Waals surface area (Å²) in [7, 11) is 0. The van der Waals surface area contributed by atoms with E-state index in [9.17, 15) is 4.79 Å². The SMILES string of the molecule is CCC(C)NC(=O)CSc1ccc(N)cc1C. The van der Waals surface area contributed by atoms with Gasteiger partial charge in [-0.25, -0.2) is 0 Å². The number of nitrogens with one attached hydrogen (secondary N) is 1. The first-order chi connectivity index (χ1) is 8.02. The van der Waals surface area contributed by atoms with Crippen molar-refractivity contribution in [1.82, 2.24) is 5.32 Å². The van der Waals surface area contributed by atoms with Crippen LogP contribution in [0.5, 0.6) is 0 Å². The summed E-state index contributed by atoms with van der Waals surface area (Å²) in [6.07, 6.45) is 0.956. The van der Waals surface area contributed by atoms with Gasteiger partial charge in [0.05, 0.1) is 5.75 Å². The third-order valence-electron chi connectivity index (χ3n) is 2.58. The number of aryl methyl sites for hydroxylation is 1. The number of amides is 1. The maximum atomic E-state index is 11.6. The van der Waals surface area contributed by atoms with E-state index in [2.05, 4.69) is 12.2 Å². The summed E-state index contributed by atoms with van der Waals surface area (Å²) < 4.78 is 0.